The van der Waals surface area contributed by atoms with Gasteiger partial charge in [-0.15, -0.1) is 0 Å². The quantitative estimate of drug-likeness (QED) is 0.844. The lowest BCUT2D eigenvalue weighted by Gasteiger charge is -2.24. The second kappa shape index (κ2) is 7.61. The number of halogens is 1. The Hall–Kier alpha value is -0.930. The van der Waals surface area contributed by atoms with E-state index in [1.165, 1.54) is 25.3 Å². The highest BCUT2D eigenvalue weighted by Gasteiger charge is 2.15. The van der Waals surface area contributed by atoms with Gasteiger partial charge in [-0.3, -0.25) is 0 Å². The van der Waals surface area contributed by atoms with E-state index < -0.39 is 0 Å². The number of hydrogen-bond acceptors (Lipinski definition) is 2. The van der Waals surface area contributed by atoms with Crippen LogP contribution >= 0.6 is 0 Å². The monoisotopic (exact) mass is 265 g/mol. The second-order valence-electron chi connectivity index (χ2n) is 5.25. The Morgan fingerprint density at radius 2 is 2.32 bits per heavy atom. The first-order valence-corrected chi connectivity index (χ1v) is 7.40. The maximum Gasteiger partial charge on any atom is 0.123 e. The summed E-state index contributed by atoms with van der Waals surface area (Å²) < 4.78 is 18.9. The van der Waals surface area contributed by atoms with Crippen molar-refractivity contribution in [2.45, 2.75) is 51.2 Å². The van der Waals surface area contributed by atoms with Gasteiger partial charge in [-0.05, 0) is 56.3 Å². The van der Waals surface area contributed by atoms with E-state index in [0.717, 1.165) is 31.6 Å². The molecule has 1 fully saturated rings. The van der Waals surface area contributed by atoms with E-state index in [9.17, 15) is 4.39 Å². The van der Waals surface area contributed by atoms with Crippen LogP contribution < -0.4 is 5.32 Å². The van der Waals surface area contributed by atoms with Crippen molar-refractivity contribution < 1.29 is 9.13 Å². The van der Waals surface area contributed by atoms with Crippen LogP contribution in [0.4, 0.5) is 4.39 Å². The van der Waals surface area contributed by atoms with Gasteiger partial charge in [-0.25, -0.2) is 4.39 Å². The molecule has 0 amide bonds. The molecular weight excluding hydrogens is 241 g/mol. The Kier molecular flexibility index (Phi) is 5.80. The molecule has 1 saturated heterocycles. The zero-order valence-electron chi connectivity index (χ0n) is 11.7. The number of benzene rings is 1. The molecule has 1 aromatic carbocycles. The summed E-state index contributed by atoms with van der Waals surface area (Å²) in [5.41, 5.74) is 1.03. The van der Waals surface area contributed by atoms with Crippen molar-refractivity contribution >= 4 is 0 Å². The summed E-state index contributed by atoms with van der Waals surface area (Å²) in [5.74, 6) is -0.159. The van der Waals surface area contributed by atoms with Crippen molar-refractivity contribution in [3.63, 3.8) is 0 Å². The van der Waals surface area contributed by atoms with Crippen molar-refractivity contribution in [1.82, 2.24) is 5.32 Å². The van der Waals surface area contributed by atoms with E-state index in [2.05, 4.69) is 12.2 Å². The van der Waals surface area contributed by atoms with Gasteiger partial charge in [0, 0.05) is 12.6 Å². The molecule has 2 rings (SSSR count). The fourth-order valence-corrected chi connectivity index (χ4v) is 2.67. The predicted molar refractivity (Wildman–Crippen MR) is 75.6 cm³/mol. The lowest BCUT2D eigenvalue weighted by Crippen LogP contribution is -2.27. The minimum Gasteiger partial charge on any atom is -0.378 e. The molecular formula is C16H24FNO. The Morgan fingerprint density at radius 3 is 3.00 bits per heavy atom. The number of nitrogens with one attached hydrogen (secondary N) is 1. The molecule has 19 heavy (non-hydrogen) atoms. The summed E-state index contributed by atoms with van der Waals surface area (Å²) in [6.45, 7) is 3.96. The minimum absolute atomic E-state index is 0.159. The summed E-state index contributed by atoms with van der Waals surface area (Å²) in [6, 6.07) is 7.12. The first-order chi connectivity index (χ1) is 9.29. The van der Waals surface area contributed by atoms with Crippen molar-refractivity contribution in [2.24, 2.45) is 0 Å². The van der Waals surface area contributed by atoms with E-state index in [4.69, 9.17) is 4.74 Å². The zero-order chi connectivity index (χ0) is 13.5. The fourth-order valence-electron chi connectivity index (χ4n) is 2.67. The SMILES string of the molecule is CCC(NCCC1CCCCO1)c1cccc(F)c1. The number of hydrogen-bond donors (Lipinski definition) is 1. The van der Waals surface area contributed by atoms with Gasteiger partial charge in [0.25, 0.3) is 0 Å². The molecule has 106 valence electrons. The third-order valence-corrected chi connectivity index (χ3v) is 3.79. The summed E-state index contributed by atoms with van der Waals surface area (Å²) in [5, 5.41) is 3.51. The normalized spacial score (nSPS) is 21.3. The van der Waals surface area contributed by atoms with Crippen LogP contribution in [-0.2, 0) is 4.74 Å². The molecule has 2 nitrogen and oxygen atoms in total. The van der Waals surface area contributed by atoms with Crippen molar-refractivity contribution in [1.29, 1.82) is 0 Å². The first kappa shape index (κ1) is 14.5. The van der Waals surface area contributed by atoms with E-state index in [0.29, 0.717) is 6.10 Å². The molecule has 0 aliphatic carbocycles. The molecule has 1 heterocycles. The third kappa shape index (κ3) is 4.59. The van der Waals surface area contributed by atoms with Crippen LogP contribution in [0.2, 0.25) is 0 Å². The van der Waals surface area contributed by atoms with Gasteiger partial charge >= 0.3 is 0 Å². The van der Waals surface area contributed by atoms with Crippen molar-refractivity contribution in [2.75, 3.05) is 13.2 Å². The summed E-state index contributed by atoms with van der Waals surface area (Å²) in [7, 11) is 0. The van der Waals surface area contributed by atoms with Gasteiger partial charge in [0.1, 0.15) is 5.82 Å². The molecule has 0 aromatic heterocycles. The van der Waals surface area contributed by atoms with Gasteiger partial charge in [0.05, 0.1) is 6.10 Å². The highest BCUT2D eigenvalue weighted by atomic mass is 19.1. The Bertz CT molecular complexity index is 377. The highest BCUT2D eigenvalue weighted by molar-refractivity contribution is 5.19. The van der Waals surface area contributed by atoms with E-state index in [-0.39, 0.29) is 11.9 Å². The maximum atomic E-state index is 13.2. The van der Waals surface area contributed by atoms with Crippen LogP contribution in [0.1, 0.15) is 50.6 Å². The van der Waals surface area contributed by atoms with Gasteiger partial charge in [-0.1, -0.05) is 19.1 Å². The summed E-state index contributed by atoms with van der Waals surface area (Å²) >= 11 is 0. The number of rotatable bonds is 6. The lowest BCUT2D eigenvalue weighted by molar-refractivity contribution is 0.0112. The zero-order valence-corrected chi connectivity index (χ0v) is 11.7. The van der Waals surface area contributed by atoms with Crippen LogP contribution in [0.25, 0.3) is 0 Å². The van der Waals surface area contributed by atoms with Gasteiger partial charge in [0.15, 0.2) is 0 Å². The second-order valence-corrected chi connectivity index (χ2v) is 5.25. The topological polar surface area (TPSA) is 21.3 Å². The minimum atomic E-state index is -0.159. The highest BCUT2D eigenvalue weighted by Crippen LogP contribution is 2.19. The average molecular weight is 265 g/mol. The third-order valence-electron chi connectivity index (χ3n) is 3.79. The van der Waals surface area contributed by atoms with E-state index in [1.807, 2.05) is 6.07 Å². The molecule has 1 aliphatic heterocycles. The fraction of sp³-hybridized carbons (Fsp3) is 0.625. The Labute approximate surface area is 115 Å². The lowest BCUT2D eigenvalue weighted by atomic mass is 10.0. The van der Waals surface area contributed by atoms with E-state index >= 15 is 0 Å². The Morgan fingerprint density at radius 1 is 1.42 bits per heavy atom. The molecule has 0 saturated carbocycles. The molecule has 2 unspecified atom stereocenters. The van der Waals surface area contributed by atoms with Crippen molar-refractivity contribution in [3.05, 3.63) is 35.6 Å². The van der Waals surface area contributed by atoms with Crippen molar-refractivity contribution in [3.8, 4) is 0 Å². The number of ether oxygens (including phenoxy) is 1. The largest absolute Gasteiger partial charge is 0.378 e. The predicted octanol–water partition coefficient (Wildman–Crippen LogP) is 3.83. The van der Waals surface area contributed by atoms with Crippen LogP contribution in [-0.4, -0.2) is 19.3 Å². The van der Waals surface area contributed by atoms with Gasteiger partial charge in [0.2, 0.25) is 0 Å². The molecule has 2 atom stereocenters. The summed E-state index contributed by atoms with van der Waals surface area (Å²) in [6.07, 6.45) is 6.08. The molecule has 1 aliphatic rings. The molecule has 0 radical (unpaired) electrons. The van der Waals surface area contributed by atoms with Crippen LogP contribution in [0, 0.1) is 5.82 Å². The average Bonchev–Trinajstić information content (AvgIpc) is 2.45. The molecule has 1 N–H and O–H groups in total. The smallest absolute Gasteiger partial charge is 0.123 e. The van der Waals surface area contributed by atoms with Crippen LogP contribution in [0.15, 0.2) is 24.3 Å². The van der Waals surface area contributed by atoms with E-state index in [1.54, 1.807) is 12.1 Å². The molecule has 3 heteroatoms. The molecule has 1 aromatic rings. The van der Waals surface area contributed by atoms with Gasteiger partial charge < -0.3 is 10.1 Å². The first-order valence-electron chi connectivity index (χ1n) is 7.40. The Balaban J connectivity index is 1.79. The standard InChI is InChI=1S/C16H24FNO/c1-2-16(13-6-5-7-14(17)12-13)18-10-9-15-8-3-4-11-19-15/h5-7,12,15-16,18H,2-4,8-11H2,1H3. The van der Waals surface area contributed by atoms with Crippen LogP contribution in [0.3, 0.4) is 0 Å². The molecule has 0 bridgehead atoms. The van der Waals surface area contributed by atoms with Crippen LogP contribution in [0.5, 0.6) is 0 Å². The maximum absolute atomic E-state index is 13.2. The van der Waals surface area contributed by atoms with Gasteiger partial charge in [-0.2, -0.15) is 0 Å². The summed E-state index contributed by atoms with van der Waals surface area (Å²) in [4.78, 5) is 0. The molecule has 0 spiro atoms.